The summed E-state index contributed by atoms with van der Waals surface area (Å²) in [5.41, 5.74) is 17.0. The van der Waals surface area contributed by atoms with Gasteiger partial charge in [0.1, 0.15) is 11.2 Å². The highest BCUT2D eigenvalue weighted by Gasteiger charge is 2.23. The lowest BCUT2D eigenvalue weighted by atomic mass is 10.0. The number of nitrogens with zero attached hydrogens (tertiary/aromatic N) is 3. The van der Waals surface area contributed by atoms with Crippen molar-refractivity contribution in [3.8, 4) is 22.3 Å². The van der Waals surface area contributed by atoms with Crippen LogP contribution in [0.2, 0.25) is 0 Å². The molecule has 0 spiro atoms. The Morgan fingerprint density at radius 2 is 0.862 bits per heavy atom. The number of aromatic nitrogens is 2. The van der Waals surface area contributed by atoms with Crippen LogP contribution in [0.4, 0.5) is 17.1 Å². The molecular weight excluding hydrogens is 707 g/mol. The van der Waals surface area contributed by atoms with Gasteiger partial charge in [-0.1, -0.05) is 121 Å². The van der Waals surface area contributed by atoms with E-state index < -0.39 is 0 Å². The molecule has 0 aliphatic heterocycles. The fourth-order valence-corrected chi connectivity index (χ4v) is 9.64. The number of benzene rings is 9. The Morgan fingerprint density at radius 1 is 0.293 bits per heavy atom. The Morgan fingerprint density at radius 3 is 1.71 bits per heavy atom. The van der Waals surface area contributed by atoms with Gasteiger partial charge in [-0.2, -0.15) is 0 Å². The van der Waals surface area contributed by atoms with E-state index in [4.69, 9.17) is 4.42 Å². The van der Waals surface area contributed by atoms with Crippen LogP contribution in [0.3, 0.4) is 0 Å². The lowest BCUT2D eigenvalue weighted by molar-refractivity contribution is 0.669. The van der Waals surface area contributed by atoms with Gasteiger partial charge in [0.2, 0.25) is 0 Å². The molecule has 4 heteroatoms. The number of furan rings is 1. The van der Waals surface area contributed by atoms with Crippen LogP contribution in [0, 0.1) is 0 Å². The number of rotatable bonds is 5. The fourth-order valence-electron chi connectivity index (χ4n) is 9.64. The number of para-hydroxylation sites is 3. The molecule has 270 valence electrons. The molecule has 4 heterocycles. The second-order valence-electron chi connectivity index (χ2n) is 15.3. The van der Waals surface area contributed by atoms with Crippen LogP contribution in [-0.2, 0) is 0 Å². The highest BCUT2D eigenvalue weighted by atomic mass is 16.3. The third-order valence-corrected chi connectivity index (χ3v) is 12.2. The minimum absolute atomic E-state index is 0.874. The molecule has 9 aromatic carbocycles. The summed E-state index contributed by atoms with van der Waals surface area (Å²) in [6.07, 6.45) is 0. The van der Waals surface area contributed by atoms with Crippen LogP contribution in [-0.4, -0.2) is 8.80 Å². The zero-order valence-electron chi connectivity index (χ0n) is 31.3. The maximum Gasteiger partial charge on any atom is 0.137 e. The molecular formula is C54H33N3O. The molecule has 13 rings (SSSR count). The quantitative estimate of drug-likeness (QED) is 0.164. The summed E-state index contributed by atoms with van der Waals surface area (Å²) in [6, 6.07) is 72.5. The third kappa shape index (κ3) is 4.40. The smallest absolute Gasteiger partial charge is 0.137 e. The van der Waals surface area contributed by atoms with Crippen molar-refractivity contribution in [3.63, 3.8) is 0 Å². The summed E-state index contributed by atoms with van der Waals surface area (Å²) < 4.78 is 11.4. The van der Waals surface area contributed by atoms with E-state index in [-0.39, 0.29) is 0 Å². The number of hydrogen-bond donors (Lipinski definition) is 0. The first-order valence-corrected chi connectivity index (χ1v) is 19.8. The summed E-state index contributed by atoms with van der Waals surface area (Å²) in [6.45, 7) is 0. The standard InChI is InChI=1S/C54H33N3O/c1-3-12-34(13-4-1)36-22-28-48-46(31-36)45-27-26-44-41-18-7-9-20-47(41)56-49-29-23-37(32-50(49)57(48)54(45)53(44)56)35-14-11-17-39(30-35)55(38-15-5-2-6-16-38)40-24-25-43-42-19-8-10-21-51(42)58-52(43)33-40/h1-33H. The van der Waals surface area contributed by atoms with Gasteiger partial charge in [-0.3, -0.25) is 0 Å². The van der Waals surface area contributed by atoms with Crippen LogP contribution < -0.4 is 4.90 Å². The Bertz CT molecular complexity index is 3740. The highest BCUT2D eigenvalue weighted by Crippen LogP contribution is 2.44. The molecule has 0 aliphatic carbocycles. The SMILES string of the molecule is c1ccc(-c2ccc3c(c2)c2ccc4c5ccccc5n5c6ccc(-c7cccc(N(c8ccccc8)c8ccc9c(c8)oc8ccccc89)c7)cc6n3c2c45)cc1. The molecule has 0 fully saturated rings. The van der Waals surface area contributed by atoms with Gasteiger partial charge < -0.3 is 18.1 Å². The van der Waals surface area contributed by atoms with Crippen LogP contribution in [0.15, 0.2) is 205 Å². The van der Waals surface area contributed by atoms with Gasteiger partial charge in [0.05, 0.1) is 33.1 Å². The van der Waals surface area contributed by atoms with E-state index >= 15 is 0 Å². The van der Waals surface area contributed by atoms with Gasteiger partial charge in [0.15, 0.2) is 0 Å². The highest BCUT2D eigenvalue weighted by molar-refractivity contribution is 6.25. The number of hydrogen-bond acceptors (Lipinski definition) is 2. The van der Waals surface area contributed by atoms with Crippen molar-refractivity contribution in [1.29, 1.82) is 0 Å². The molecule has 0 saturated heterocycles. The lowest BCUT2D eigenvalue weighted by Crippen LogP contribution is -2.09. The Labute approximate surface area is 333 Å². The van der Waals surface area contributed by atoms with E-state index in [1.165, 1.54) is 65.8 Å². The average Bonchev–Trinajstić information content (AvgIpc) is 3.95. The molecule has 0 aliphatic rings. The summed E-state index contributed by atoms with van der Waals surface area (Å²) in [4.78, 5) is 2.32. The van der Waals surface area contributed by atoms with Crippen LogP contribution in [0.5, 0.6) is 0 Å². The van der Waals surface area contributed by atoms with Crippen molar-refractivity contribution >= 4 is 93.6 Å². The van der Waals surface area contributed by atoms with Crippen LogP contribution in [0.1, 0.15) is 0 Å². The molecule has 0 saturated carbocycles. The number of anilines is 3. The van der Waals surface area contributed by atoms with Crippen molar-refractivity contribution in [3.05, 3.63) is 200 Å². The van der Waals surface area contributed by atoms with Crippen molar-refractivity contribution in [2.75, 3.05) is 4.90 Å². The van der Waals surface area contributed by atoms with Crippen molar-refractivity contribution in [1.82, 2.24) is 8.80 Å². The zero-order chi connectivity index (χ0) is 37.9. The van der Waals surface area contributed by atoms with Gasteiger partial charge in [0, 0.05) is 55.4 Å². The van der Waals surface area contributed by atoms with Crippen LogP contribution in [0.25, 0.3) is 98.8 Å². The summed E-state index contributed by atoms with van der Waals surface area (Å²) in [7, 11) is 0. The van der Waals surface area contributed by atoms with E-state index in [1.54, 1.807) is 0 Å². The maximum absolute atomic E-state index is 6.37. The molecule has 0 atom stereocenters. The summed E-state index contributed by atoms with van der Waals surface area (Å²) in [5.74, 6) is 0. The largest absolute Gasteiger partial charge is 0.456 e. The Hall–Kier alpha value is -7.82. The van der Waals surface area contributed by atoms with E-state index in [1.807, 2.05) is 12.1 Å². The predicted molar refractivity (Wildman–Crippen MR) is 242 cm³/mol. The molecule has 0 unspecified atom stereocenters. The first kappa shape index (κ1) is 31.4. The molecule has 0 N–H and O–H groups in total. The second-order valence-corrected chi connectivity index (χ2v) is 15.3. The maximum atomic E-state index is 6.37. The third-order valence-electron chi connectivity index (χ3n) is 12.2. The fraction of sp³-hybridized carbons (Fsp3) is 0. The van der Waals surface area contributed by atoms with Gasteiger partial charge in [0.25, 0.3) is 0 Å². The minimum Gasteiger partial charge on any atom is -0.456 e. The molecule has 4 nitrogen and oxygen atoms in total. The van der Waals surface area contributed by atoms with Gasteiger partial charge in [-0.25, -0.2) is 0 Å². The van der Waals surface area contributed by atoms with E-state index in [0.717, 1.165) is 50.1 Å². The topological polar surface area (TPSA) is 25.2 Å². The molecule has 0 radical (unpaired) electrons. The second kappa shape index (κ2) is 11.8. The summed E-state index contributed by atoms with van der Waals surface area (Å²) >= 11 is 0. The van der Waals surface area contributed by atoms with Gasteiger partial charge in [-0.05, 0) is 95.1 Å². The van der Waals surface area contributed by atoms with E-state index in [0.29, 0.717) is 0 Å². The molecule has 0 bridgehead atoms. The first-order valence-electron chi connectivity index (χ1n) is 19.8. The van der Waals surface area contributed by atoms with Crippen molar-refractivity contribution in [2.45, 2.75) is 0 Å². The van der Waals surface area contributed by atoms with Gasteiger partial charge >= 0.3 is 0 Å². The normalized spacial score (nSPS) is 12.1. The molecule has 0 amide bonds. The van der Waals surface area contributed by atoms with E-state index in [9.17, 15) is 0 Å². The molecule has 58 heavy (non-hydrogen) atoms. The Balaban J connectivity index is 1.04. The lowest BCUT2D eigenvalue weighted by Gasteiger charge is -2.26. The zero-order valence-corrected chi connectivity index (χ0v) is 31.3. The average molecular weight is 740 g/mol. The van der Waals surface area contributed by atoms with Crippen molar-refractivity contribution in [2.24, 2.45) is 0 Å². The first-order chi connectivity index (χ1) is 28.8. The number of fused-ring (bicyclic) bond motifs is 12. The Kier molecular flexibility index (Phi) is 6.41. The van der Waals surface area contributed by atoms with Crippen LogP contribution >= 0.6 is 0 Å². The predicted octanol–water partition coefficient (Wildman–Crippen LogP) is 14.9. The van der Waals surface area contributed by atoms with Crippen molar-refractivity contribution < 1.29 is 4.42 Å². The monoisotopic (exact) mass is 739 g/mol. The molecule has 4 aromatic heterocycles. The minimum atomic E-state index is 0.874. The molecule has 13 aromatic rings. The summed E-state index contributed by atoms with van der Waals surface area (Å²) in [5, 5.41) is 7.32. The van der Waals surface area contributed by atoms with E-state index in [2.05, 4.69) is 202 Å². The van der Waals surface area contributed by atoms with Gasteiger partial charge in [-0.15, -0.1) is 0 Å².